The number of fused-ring (bicyclic) bond motifs is 4. The highest BCUT2D eigenvalue weighted by Crippen LogP contribution is 2.23. The maximum atomic E-state index is 11.1. The molecule has 0 bridgehead atoms. The Morgan fingerprint density at radius 2 is 2.30 bits per heavy atom. The number of carboxylic acid groups (broad SMARTS) is 1. The van der Waals surface area contributed by atoms with Gasteiger partial charge in [-0.3, -0.25) is 4.99 Å². The minimum atomic E-state index is -0.963. The first-order chi connectivity index (χ1) is 9.72. The third-order valence-electron chi connectivity index (χ3n) is 3.24. The zero-order valence-electron chi connectivity index (χ0n) is 10.2. The molecule has 7 heteroatoms. The maximum absolute atomic E-state index is 11.1. The predicted molar refractivity (Wildman–Crippen MR) is 73.5 cm³/mol. The fourth-order valence-electron chi connectivity index (χ4n) is 2.29. The Kier molecular flexibility index (Phi) is 2.06. The normalized spacial score (nSPS) is 13.4. The van der Waals surface area contributed by atoms with Gasteiger partial charge in [-0.05, 0) is 18.2 Å². The highest BCUT2D eigenvalue weighted by atomic mass is 16.4. The zero-order chi connectivity index (χ0) is 13.7. The number of anilines is 1. The topological polar surface area (TPSA) is 91.9 Å². The predicted octanol–water partition coefficient (Wildman–Crippen LogP) is 1.38. The molecule has 0 unspecified atom stereocenters. The van der Waals surface area contributed by atoms with E-state index in [1.165, 1.54) is 6.07 Å². The SMILES string of the molecule is O=C(O)c1ccc2nn3cc4c(nc3c2c1)NCN=C4. The molecule has 0 spiro atoms. The number of nitrogens with one attached hydrogen (secondary N) is 1. The van der Waals surface area contributed by atoms with Crippen molar-refractivity contribution in [2.45, 2.75) is 0 Å². The van der Waals surface area contributed by atoms with Crippen molar-refractivity contribution in [3.63, 3.8) is 0 Å². The van der Waals surface area contributed by atoms with Gasteiger partial charge in [-0.25, -0.2) is 14.3 Å². The molecule has 0 amide bonds. The van der Waals surface area contributed by atoms with Crippen molar-refractivity contribution >= 4 is 34.6 Å². The quantitative estimate of drug-likeness (QED) is 0.695. The van der Waals surface area contributed by atoms with Gasteiger partial charge in [0.15, 0.2) is 5.65 Å². The van der Waals surface area contributed by atoms with Crippen molar-refractivity contribution in [1.82, 2.24) is 14.6 Å². The van der Waals surface area contributed by atoms with Crippen molar-refractivity contribution in [1.29, 1.82) is 0 Å². The maximum Gasteiger partial charge on any atom is 0.335 e. The van der Waals surface area contributed by atoms with Crippen LogP contribution in [0.15, 0.2) is 29.4 Å². The Morgan fingerprint density at radius 3 is 3.15 bits per heavy atom. The first-order valence-electron chi connectivity index (χ1n) is 6.02. The number of benzene rings is 1. The van der Waals surface area contributed by atoms with Crippen molar-refractivity contribution in [2.75, 3.05) is 12.0 Å². The smallest absolute Gasteiger partial charge is 0.335 e. The second-order valence-corrected chi connectivity index (χ2v) is 4.50. The average Bonchev–Trinajstić information content (AvgIpc) is 2.81. The molecule has 1 aromatic carbocycles. The summed E-state index contributed by atoms with van der Waals surface area (Å²) in [6, 6.07) is 4.82. The summed E-state index contributed by atoms with van der Waals surface area (Å²) in [7, 11) is 0. The molecule has 3 heterocycles. The Morgan fingerprint density at radius 1 is 1.40 bits per heavy atom. The monoisotopic (exact) mass is 267 g/mol. The van der Waals surface area contributed by atoms with Gasteiger partial charge >= 0.3 is 5.97 Å². The summed E-state index contributed by atoms with van der Waals surface area (Å²) in [5.41, 5.74) is 2.42. The van der Waals surface area contributed by atoms with Gasteiger partial charge in [-0.1, -0.05) is 0 Å². The van der Waals surface area contributed by atoms with Gasteiger partial charge in [-0.15, -0.1) is 0 Å². The van der Waals surface area contributed by atoms with E-state index in [1.54, 1.807) is 22.9 Å². The Bertz CT molecular complexity index is 897. The number of hydrogen-bond acceptors (Lipinski definition) is 5. The number of aliphatic imine (C=N–C) groups is 1. The van der Waals surface area contributed by atoms with E-state index in [0.717, 1.165) is 16.8 Å². The van der Waals surface area contributed by atoms with Crippen LogP contribution in [0.25, 0.3) is 16.6 Å². The van der Waals surface area contributed by atoms with Crippen molar-refractivity contribution in [2.24, 2.45) is 4.99 Å². The number of hydrogen-bond donors (Lipinski definition) is 2. The van der Waals surface area contributed by atoms with Crippen LogP contribution in [0.4, 0.5) is 5.82 Å². The third kappa shape index (κ3) is 1.46. The molecule has 0 saturated carbocycles. The van der Waals surface area contributed by atoms with Gasteiger partial charge < -0.3 is 10.4 Å². The van der Waals surface area contributed by atoms with E-state index in [0.29, 0.717) is 17.8 Å². The third-order valence-corrected chi connectivity index (χ3v) is 3.24. The minimum absolute atomic E-state index is 0.224. The number of carbonyl (C=O) groups is 1. The van der Waals surface area contributed by atoms with Gasteiger partial charge in [0.1, 0.15) is 12.5 Å². The second kappa shape index (κ2) is 3.77. The summed E-state index contributed by atoms with van der Waals surface area (Å²) in [6.07, 6.45) is 3.57. The van der Waals surface area contributed by atoms with Crippen LogP contribution in [0.5, 0.6) is 0 Å². The van der Waals surface area contributed by atoms with Gasteiger partial charge in [0.25, 0.3) is 0 Å². The van der Waals surface area contributed by atoms with Gasteiger partial charge in [0.05, 0.1) is 16.6 Å². The molecule has 0 fully saturated rings. The summed E-state index contributed by atoms with van der Waals surface area (Å²) in [5.74, 6) is -0.232. The van der Waals surface area contributed by atoms with E-state index in [2.05, 4.69) is 20.4 Å². The van der Waals surface area contributed by atoms with Crippen LogP contribution in [0.2, 0.25) is 0 Å². The van der Waals surface area contributed by atoms with Gasteiger partial charge in [0, 0.05) is 17.8 Å². The van der Waals surface area contributed by atoms with Gasteiger partial charge in [0.2, 0.25) is 0 Å². The van der Waals surface area contributed by atoms with Crippen LogP contribution in [0.3, 0.4) is 0 Å². The van der Waals surface area contributed by atoms with Crippen LogP contribution < -0.4 is 5.32 Å². The molecule has 4 rings (SSSR count). The molecule has 98 valence electrons. The van der Waals surface area contributed by atoms with E-state index in [1.807, 2.05) is 6.20 Å². The van der Waals surface area contributed by atoms with Gasteiger partial charge in [-0.2, -0.15) is 5.10 Å². The molecule has 0 saturated heterocycles. The Hall–Kier alpha value is -2.96. The summed E-state index contributed by atoms with van der Waals surface area (Å²) in [4.78, 5) is 19.7. The molecule has 0 aliphatic carbocycles. The fraction of sp³-hybridized carbons (Fsp3) is 0.0769. The van der Waals surface area contributed by atoms with E-state index >= 15 is 0 Å². The lowest BCUT2D eigenvalue weighted by Gasteiger charge is -2.10. The second-order valence-electron chi connectivity index (χ2n) is 4.50. The van der Waals surface area contributed by atoms with Crippen molar-refractivity contribution in [3.8, 4) is 0 Å². The minimum Gasteiger partial charge on any atom is -0.478 e. The highest BCUT2D eigenvalue weighted by Gasteiger charge is 2.14. The van der Waals surface area contributed by atoms with E-state index in [-0.39, 0.29) is 5.56 Å². The lowest BCUT2D eigenvalue weighted by atomic mass is 10.1. The summed E-state index contributed by atoms with van der Waals surface area (Å²) < 4.78 is 1.65. The molecular formula is C13H9N5O2. The first-order valence-corrected chi connectivity index (χ1v) is 6.02. The lowest BCUT2D eigenvalue weighted by Crippen LogP contribution is -2.11. The number of aromatic carboxylic acids is 1. The highest BCUT2D eigenvalue weighted by molar-refractivity contribution is 5.99. The van der Waals surface area contributed by atoms with E-state index < -0.39 is 5.97 Å². The number of nitrogens with zero attached hydrogens (tertiary/aromatic N) is 4. The number of rotatable bonds is 1. The number of aromatic nitrogens is 3. The van der Waals surface area contributed by atoms with Crippen molar-refractivity contribution in [3.05, 3.63) is 35.5 Å². The molecule has 0 radical (unpaired) electrons. The van der Waals surface area contributed by atoms with Crippen LogP contribution in [-0.2, 0) is 0 Å². The molecule has 1 aliphatic heterocycles. The van der Waals surface area contributed by atoms with Crippen LogP contribution in [0, 0.1) is 0 Å². The van der Waals surface area contributed by atoms with Crippen molar-refractivity contribution < 1.29 is 9.90 Å². The average molecular weight is 267 g/mol. The fourth-order valence-corrected chi connectivity index (χ4v) is 2.29. The standard InChI is InChI=1S/C13H9N5O2/c19-13(20)7-1-2-10-9(3-7)12-16-11-8(4-14-6-15-11)5-18(12)17-10/h1-5H,6H2,(H,15,16)(H,19,20). The Labute approximate surface area is 112 Å². The Balaban J connectivity index is 2.07. The number of carboxylic acids is 1. The largest absolute Gasteiger partial charge is 0.478 e. The van der Waals surface area contributed by atoms with E-state index in [4.69, 9.17) is 5.11 Å². The molecule has 3 aromatic rings. The molecule has 20 heavy (non-hydrogen) atoms. The molecule has 1 aliphatic rings. The summed E-state index contributed by atoms with van der Waals surface area (Å²) in [6.45, 7) is 0.489. The lowest BCUT2D eigenvalue weighted by molar-refractivity contribution is 0.0697. The molecule has 2 aromatic heterocycles. The summed E-state index contributed by atoms with van der Waals surface area (Å²) >= 11 is 0. The van der Waals surface area contributed by atoms with Crippen LogP contribution in [0.1, 0.15) is 15.9 Å². The molecule has 2 N–H and O–H groups in total. The van der Waals surface area contributed by atoms with E-state index in [9.17, 15) is 4.79 Å². The molecule has 7 nitrogen and oxygen atoms in total. The van der Waals surface area contributed by atoms with Crippen LogP contribution >= 0.6 is 0 Å². The molecular weight excluding hydrogens is 258 g/mol. The molecule has 0 atom stereocenters. The zero-order valence-corrected chi connectivity index (χ0v) is 10.2. The van der Waals surface area contributed by atoms with Crippen LogP contribution in [-0.4, -0.2) is 38.6 Å². The first kappa shape index (κ1) is 10.9. The summed E-state index contributed by atoms with van der Waals surface area (Å²) in [5, 5.41) is 17.3.